The third-order valence-electron chi connectivity index (χ3n) is 1.37. The van der Waals surface area contributed by atoms with Crippen molar-refractivity contribution in [3.8, 4) is 5.75 Å². The second-order valence-electron chi connectivity index (χ2n) is 2.10. The Morgan fingerprint density at radius 1 is 1.15 bits per heavy atom. The largest absolute Gasteiger partial charge is 0.491 e. The Kier molecular flexibility index (Phi) is 3.44. The van der Waals surface area contributed by atoms with Crippen molar-refractivity contribution >= 4 is 38.5 Å². The first kappa shape index (κ1) is 11.1. The number of halogens is 5. The number of hydrogen-bond donors (Lipinski definition) is 0. The molecule has 0 N–H and O–H groups in total. The maximum Gasteiger partial charge on any atom is 0.204 e. The maximum atomic E-state index is 13.1. The van der Waals surface area contributed by atoms with Gasteiger partial charge in [0.05, 0.1) is 15.2 Å². The summed E-state index contributed by atoms with van der Waals surface area (Å²) in [5.74, 6) is -4.09. The maximum absolute atomic E-state index is 13.1. The van der Waals surface area contributed by atoms with Crippen LogP contribution >= 0.6 is 38.5 Å². The molecule has 0 bridgehead atoms. The minimum Gasteiger partial charge on any atom is -0.491 e. The van der Waals surface area contributed by atoms with Gasteiger partial charge in [-0.3, -0.25) is 0 Å². The average Bonchev–Trinajstić information content (AvgIpc) is 2.13. The topological polar surface area (TPSA) is 9.23 Å². The van der Waals surface area contributed by atoms with E-state index in [0.29, 0.717) is 0 Å². The number of ether oxygens (including phenoxy) is 1. The van der Waals surface area contributed by atoms with Crippen molar-refractivity contribution in [1.82, 2.24) is 0 Å². The van der Waals surface area contributed by atoms with Gasteiger partial charge >= 0.3 is 0 Å². The van der Waals surface area contributed by atoms with E-state index in [1.165, 1.54) is 22.6 Å². The van der Waals surface area contributed by atoms with E-state index in [-0.39, 0.29) is 8.04 Å². The van der Waals surface area contributed by atoms with Crippen molar-refractivity contribution in [2.24, 2.45) is 0 Å². The van der Waals surface area contributed by atoms with Crippen LogP contribution in [0.3, 0.4) is 0 Å². The van der Waals surface area contributed by atoms with Gasteiger partial charge in [0.1, 0.15) is 0 Å². The Morgan fingerprint density at radius 3 is 2.15 bits per heavy atom. The SMILES string of the molecule is COc1c(F)c(F)c(I)c(Br)c1F. The summed E-state index contributed by atoms with van der Waals surface area (Å²) < 4.78 is 43.1. The first-order valence-corrected chi connectivity index (χ1v) is 4.93. The third-order valence-corrected chi connectivity index (χ3v) is 3.87. The quantitative estimate of drug-likeness (QED) is 0.420. The van der Waals surface area contributed by atoms with E-state index in [1.54, 1.807) is 0 Å². The lowest BCUT2D eigenvalue weighted by Gasteiger charge is -2.07. The van der Waals surface area contributed by atoms with Gasteiger partial charge in [0.2, 0.25) is 5.82 Å². The van der Waals surface area contributed by atoms with Crippen LogP contribution in [0.5, 0.6) is 5.75 Å². The summed E-state index contributed by atoms with van der Waals surface area (Å²) in [4.78, 5) is 0. The molecule has 0 saturated carbocycles. The summed E-state index contributed by atoms with van der Waals surface area (Å²) in [6, 6.07) is 0. The molecule has 0 amide bonds. The van der Waals surface area contributed by atoms with Crippen LogP contribution in [-0.2, 0) is 0 Å². The molecule has 0 fully saturated rings. The number of benzene rings is 1. The Labute approximate surface area is 94.5 Å². The standard InChI is InChI=1S/C7H3BrF3IO/c1-13-7-3(9)2(8)6(12)4(10)5(7)11/h1H3. The first-order chi connectivity index (χ1) is 6.00. The highest BCUT2D eigenvalue weighted by Gasteiger charge is 2.22. The lowest BCUT2D eigenvalue weighted by atomic mass is 10.3. The summed E-state index contributed by atoms with van der Waals surface area (Å²) >= 11 is 4.28. The van der Waals surface area contributed by atoms with Gasteiger partial charge in [0, 0.05) is 0 Å². The van der Waals surface area contributed by atoms with Crippen molar-refractivity contribution in [1.29, 1.82) is 0 Å². The van der Waals surface area contributed by atoms with Crippen LogP contribution in [0.4, 0.5) is 13.2 Å². The van der Waals surface area contributed by atoms with E-state index in [4.69, 9.17) is 0 Å². The molecule has 1 rings (SSSR count). The molecule has 6 heteroatoms. The van der Waals surface area contributed by atoms with Gasteiger partial charge in [-0.2, -0.15) is 4.39 Å². The molecule has 13 heavy (non-hydrogen) atoms. The van der Waals surface area contributed by atoms with E-state index in [9.17, 15) is 13.2 Å². The van der Waals surface area contributed by atoms with E-state index >= 15 is 0 Å². The van der Waals surface area contributed by atoms with Crippen LogP contribution in [0.1, 0.15) is 0 Å². The normalized spacial score (nSPS) is 10.3. The molecule has 1 aromatic rings. The number of hydrogen-bond acceptors (Lipinski definition) is 1. The van der Waals surface area contributed by atoms with Gasteiger partial charge in [-0.25, -0.2) is 8.78 Å². The molecule has 72 valence electrons. The first-order valence-electron chi connectivity index (χ1n) is 3.06. The predicted molar refractivity (Wildman–Crippen MR) is 53.3 cm³/mol. The van der Waals surface area contributed by atoms with Gasteiger partial charge in [-0.05, 0) is 38.5 Å². The fraction of sp³-hybridized carbons (Fsp3) is 0.143. The van der Waals surface area contributed by atoms with Crippen LogP contribution in [0.15, 0.2) is 4.47 Å². The molecule has 1 aromatic carbocycles. The van der Waals surface area contributed by atoms with Gasteiger partial charge in [0.15, 0.2) is 17.4 Å². The zero-order valence-electron chi connectivity index (χ0n) is 6.30. The molecule has 0 aromatic heterocycles. The molecule has 0 radical (unpaired) electrons. The van der Waals surface area contributed by atoms with E-state index < -0.39 is 23.2 Å². The van der Waals surface area contributed by atoms with E-state index in [1.807, 2.05) is 0 Å². The van der Waals surface area contributed by atoms with Crippen molar-refractivity contribution < 1.29 is 17.9 Å². The van der Waals surface area contributed by atoms with Crippen LogP contribution in [0.25, 0.3) is 0 Å². The van der Waals surface area contributed by atoms with Gasteiger partial charge in [-0.15, -0.1) is 0 Å². The van der Waals surface area contributed by atoms with Crippen LogP contribution < -0.4 is 4.74 Å². The third kappa shape index (κ3) is 1.78. The molecule has 0 unspecified atom stereocenters. The fourth-order valence-electron chi connectivity index (χ4n) is 0.764. The molecule has 0 heterocycles. The Balaban J connectivity index is 3.56. The molecule has 1 nitrogen and oxygen atoms in total. The van der Waals surface area contributed by atoms with Gasteiger partial charge < -0.3 is 4.74 Å². The van der Waals surface area contributed by atoms with E-state index in [0.717, 1.165) is 7.11 Å². The molecular weight excluding hydrogens is 364 g/mol. The van der Waals surface area contributed by atoms with Crippen molar-refractivity contribution in [3.05, 3.63) is 25.5 Å². The molecule has 0 saturated heterocycles. The van der Waals surface area contributed by atoms with E-state index in [2.05, 4.69) is 20.7 Å². The van der Waals surface area contributed by atoms with Gasteiger partial charge in [0.25, 0.3) is 0 Å². The zero-order valence-corrected chi connectivity index (χ0v) is 10.0. The van der Waals surface area contributed by atoms with Crippen LogP contribution in [0, 0.1) is 21.0 Å². The smallest absolute Gasteiger partial charge is 0.204 e. The minimum absolute atomic E-state index is 0.135. The Bertz CT molecular complexity index is 327. The lowest BCUT2D eigenvalue weighted by molar-refractivity contribution is 0.344. The highest BCUT2D eigenvalue weighted by Crippen LogP contribution is 2.34. The second-order valence-corrected chi connectivity index (χ2v) is 3.97. The second kappa shape index (κ2) is 4.04. The molecule has 0 spiro atoms. The summed E-state index contributed by atoms with van der Waals surface area (Å²) in [6.45, 7) is 0. The van der Waals surface area contributed by atoms with Crippen molar-refractivity contribution in [2.45, 2.75) is 0 Å². The van der Waals surface area contributed by atoms with Gasteiger partial charge in [-0.1, -0.05) is 0 Å². The Hall–Kier alpha value is 0.0200. The molecule has 0 atom stereocenters. The highest BCUT2D eigenvalue weighted by molar-refractivity contribution is 14.1. The fourth-order valence-corrected chi connectivity index (χ4v) is 1.59. The van der Waals surface area contributed by atoms with Crippen molar-refractivity contribution in [3.63, 3.8) is 0 Å². The molecule has 0 aliphatic carbocycles. The molecular formula is C7H3BrF3IO. The summed E-state index contributed by atoms with van der Waals surface area (Å²) in [6.07, 6.45) is 0. The number of rotatable bonds is 1. The minimum atomic E-state index is -1.31. The summed E-state index contributed by atoms with van der Waals surface area (Å²) in [5.41, 5.74) is 0. The van der Waals surface area contributed by atoms with Crippen LogP contribution in [-0.4, -0.2) is 7.11 Å². The van der Waals surface area contributed by atoms with Crippen molar-refractivity contribution in [2.75, 3.05) is 7.11 Å². The Morgan fingerprint density at radius 2 is 1.69 bits per heavy atom. The number of methoxy groups -OCH3 is 1. The predicted octanol–water partition coefficient (Wildman–Crippen LogP) is 3.48. The highest BCUT2D eigenvalue weighted by atomic mass is 127. The monoisotopic (exact) mass is 366 g/mol. The van der Waals surface area contributed by atoms with Crippen LogP contribution in [0.2, 0.25) is 0 Å². The average molecular weight is 367 g/mol. The molecule has 0 aliphatic rings. The summed E-state index contributed by atoms with van der Waals surface area (Å²) in [5, 5.41) is 0. The zero-order chi connectivity index (χ0) is 10.2. The lowest BCUT2D eigenvalue weighted by Crippen LogP contribution is -2.00. The molecule has 0 aliphatic heterocycles. The summed E-state index contributed by atoms with van der Waals surface area (Å²) in [7, 11) is 1.07.